The van der Waals surface area contributed by atoms with Crippen LogP contribution in [0, 0.1) is 12.7 Å². The molecule has 1 saturated heterocycles. The van der Waals surface area contributed by atoms with E-state index in [1.165, 1.54) is 12.1 Å². The van der Waals surface area contributed by atoms with E-state index in [2.05, 4.69) is 30.4 Å². The van der Waals surface area contributed by atoms with E-state index in [1.54, 1.807) is 23.5 Å². The number of para-hydroxylation sites is 1. The lowest BCUT2D eigenvalue weighted by Gasteiger charge is -2.52. The van der Waals surface area contributed by atoms with Crippen LogP contribution in [-0.2, 0) is 11.2 Å². The van der Waals surface area contributed by atoms with Gasteiger partial charge >= 0.3 is 0 Å². The first-order valence-corrected chi connectivity index (χ1v) is 10.2. The van der Waals surface area contributed by atoms with Crippen LogP contribution in [0.4, 0.5) is 4.39 Å². The third-order valence-corrected chi connectivity index (χ3v) is 6.38. The van der Waals surface area contributed by atoms with Crippen molar-refractivity contribution in [1.82, 2.24) is 15.6 Å². The van der Waals surface area contributed by atoms with Crippen LogP contribution in [0.25, 0.3) is 10.2 Å². The first-order valence-electron chi connectivity index (χ1n) is 9.35. The molecule has 3 N–H and O–H groups in total. The highest BCUT2D eigenvalue weighted by molar-refractivity contribution is 7.18. The van der Waals surface area contributed by atoms with Crippen LogP contribution < -0.4 is 16.4 Å². The fourth-order valence-corrected chi connectivity index (χ4v) is 5.16. The van der Waals surface area contributed by atoms with E-state index in [0.717, 1.165) is 45.7 Å². The van der Waals surface area contributed by atoms with Crippen molar-refractivity contribution in [3.8, 4) is 0 Å². The van der Waals surface area contributed by atoms with Crippen molar-refractivity contribution in [1.29, 1.82) is 0 Å². The van der Waals surface area contributed by atoms with Crippen molar-refractivity contribution in [2.24, 2.45) is 5.73 Å². The predicted molar refractivity (Wildman–Crippen MR) is 108 cm³/mol. The number of nitrogens with zero attached hydrogens (tertiary/aromatic N) is 2. The van der Waals surface area contributed by atoms with Crippen LogP contribution in [0.2, 0.25) is 0 Å². The van der Waals surface area contributed by atoms with Crippen molar-refractivity contribution in [3.05, 3.63) is 64.4 Å². The van der Waals surface area contributed by atoms with E-state index >= 15 is 0 Å². The van der Waals surface area contributed by atoms with Crippen LogP contribution in [0.1, 0.15) is 35.9 Å². The summed E-state index contributed by atoms with van der Waals surface area (Å²) in [6.07, 6.45) is 1.74. The molecule has 2 unspecified atom stereocenters. The second kappa shape index (κ2) is 6.95. The van der Waals surface area contributed by atoms with Crippen molar-refractivity contribution in [2.45, 2.75) is 37.9 Å². The number of nitrogens with one attached hydrogen (secondary N) is 1. The second-order valence-electron chi connectivity index (χ2n) is 7.12. The quantitative estimate of drug-likeness (QED) is 0.721. The van der Waals surface area contributed by atoms with Gasteiger partial charge in [0.25, 0.3) is 0 Å². The number of aryl methyl sites for hydroxylation is 1. The Hall–Kier alpha value is -1.86. The van der Waals surface area contributed by atoms with E-state index in [1.807, 2.05) is 6.92 Å². The average Bonchev–Trinajstić information content (AvgIpc) is 3.04. The molecule has 2 heterocycles. The van der Waals surface area contributed by atoms with Crippen molar-refractivity contribution < 1.29 is 4.39 Å². The van der Waals surface area contributed by atoms with Crippen LogP contribution in [-0.4, -0.2) is 18.1 Å². The van der Waals surface area contributed by atoms with Crippen LogP contribution >= 0.6 is 11.3 Å². The number of aromatic nitrogens is 1. The maximum absolute atomic E-state index is 13.6. The SMILES string of the molecule is CCCC1(c2cccc3sc(C)nc23)NCC[N]C1(N)c1ccc(F)cc1. The monoisotopic (exact) mass is 383 g/mol. The topological polar surface area (TPSA) is 65.0 Å². The van der Waals surface area contributed by atoms with Gasteiger partial charge in [0.15, 0.2) is 0 Å². The number of rotatable bonds is 4. The van der Waals surface area contributed by atoms with Gasteiger partial charge in [-0.25, -0.2) is 14.7 Å². The molecule has 0 spiro atoms. The number of halogens is 1. The number of fused-ring (bicyclic) bond motifs is 1. The van der Waals surface area contributed by atoms with Gasteiger partial charge in [-0.2, -0.15) is 0 Å². The average molecular weight is 384 g/mol. The van der Waals surface area contributed by atoms with E-state index < -0.39 is 11.2 Å². The molecule has 1 aliphatic rings. The lowest BCUT2D eigenvalue weighted by atomic mass is 9.70. The molecule has 4 nitrogen and oxygen atoms in total. The molecule has 0 aliphatic carbocycles. The van der Waals surface area contributed by atoms with Crippen molar-refractivity contribution >= 4 is 21.6 Å². The minimum Gasteiger partial charge on any atom is -0.306 e. The van der Waals surface area contributed by atoms with Gasteiger partial charge in [0.1, 0.15) is 11.5 Å². The first kappa shape index (κ1) is 18.5. The van der Waals surface area contributed by atoms with Gasteiger partial charge in [0.2, 0.25) is 0 Å². The third-order valence-electron chi connectivity index (χ3n) is 5.45. The predicted octanol–water partition coefficient (Wildman–Crippen LogP) is 3.76. The molecule has 2 atom stereocenters. The standard InChI is InChI=1S/C21H24FN4S/c1-3-11-20(17-5-4-6-18-19(17)26-14(2)27-18)21(23,25-13-12-24-20)15-7-9-16(22)10-8-15/h4-10,24H,3,11-13,23H2,1-2H3. The van der Waals surface area contributed by atoms with Crippen LogP contribution in [0.5, 0.6) is 0 Å². The molecule has 6 heteroatoms. The molecule has 1 fully saturated rings. The molecule has 141 valence electrons. The van der Waals surface area contributed by atoms with Gasteiger partial charge in [-0.1, -0.05) is 37.6 Å². The Morgan fingerprint density at radius 3 is 2.74 bits per heavy atom. The molecule has 0 bridgehead atoms. The Labute approximate surface area is 163 Å². The van der Waals surface area contributed by atoms with Crippen LogP contribution in [0.15, 0.2) is 42.5 Å². The number of piperazine rings is 1. The summed E-state index contributed by atoms with van der Waals surface area (Å²) < 4.78 is 14.7. The fraction of sp³-hybridized carbons (Fsp3) is 0.381. The summed E-state index contributed by atoms with van der Waals surface area (Å²) in [7, 11) is 0. The van der Waals surface area contributed by atoms with Crippen LogP contribution in [0.3, 0.4) is 0 Å². The summed E-state index contributed by atoms with van der Waals surface area (Å²) in [5, 5.41) is 9.63. The third kappa shape index (κ3) is 2.88. The van der Waals surface area contributed by atoms with Gasteiger partial charge in [0.05, 0.1) is 20.8 Å². The lowest BCUT2D eigenvalue weighted by Crippen LogP contribution is -2.71. The number of thiazole rings is 1. The van der Waals surface area contributed by atoms with E-state index in [9.17, 15) is 4.39 Å². The molecule has 27 heavy (non-hydrogen) atoms. The molecule has 1 aromatic heterocycles. The molecule has 1 radical (unpaired) electrons. The zero-order valence-electron chi connectivity index (χ0n) is 15.6. The minimum absolute atomic E-state index is 0.274. The lowest BCUT2D eigenvalue weighted by molar-refractivity contribution is 0.0800. The largest absolute Gasteiger partial charge is 0.306 e. The Morgan fingerprint density at radius 1 is 1.22 bits per heavy atom. The highest BCUT2D eigenvalue weighted by Crippen LogP contribution is 2.45. The number of benzene rings is 2. The van der Waals surface area contributed by atoms with Gasteiger partial charge in [-0.05, 0) is 37.1 Å². The molecule has 2 aromatic carbocycles. The van der Waals surface area contributed by atoms with Gasteiger partial charge < -0.3 is 11.1 Å². The molecule has 1 aliphatic heterocycles. The molecular weight excluding hydrogens is 359 g/mol. The zero-order chi connectivity index (χ0) is 19.1. The highest BCUT2D eigenvalue weighted by atomic mass is 32.1. The maximum Gasteiger partial charge on any atom is 0.131 e. The molecular formula is C21H24FN4S. The zero-order valence-corrected chi connectivity index (χ0v) is 16.4. The summed E-state index contributed by atoms with van der Waals surface area (Å²) in [5.74, 6) is -0.274. The normalized spacial score (nSPS) is 25.8. The Morgan fingerprint density at radius 2 is 2.00 bits per heavy atom. The molecule has 0 saturated carbocycles. The molecule has 3 aromatic rings. The van der Waals surface area contributed by atoms with Gasteiger partial charge in [-0.3, -0.25) is 0 Å². The number of hydrogen-bond donors (Lipinski definition) is 2. The summed E-state index contributed by atoms with van der Waals surface area (Å²) in [4.78, 5) is 4.81. The first-order chi connectivity index (χ1) is 13.0. The second-order valence-corrected chi connectivity index (χ2v) is 8.36. The maximum atomic E-state index is 13.6. The number of nitrogens with two attached hydrogens (primary N) is 1. The van der Waals surface area contributed by atoms with Gasteiger partial charge in [0, 0.05) is 18.7 Å². The summed E-state index contributed by atoms with van der Waals surface area (Å²) in [6, 6.07) is 12.7. The van der Waals surface area contributed by atoms with Gasteiger partial charge in [-0.15, -0.1) is 11.3 Å². The fourth-order valence-electron chi connectivity index (χ4n) is 4.31. The Balaban J connectivity index is 1.98. The summed E-state index contributed by atoms with van der Waals surface area (Å²) in [6.45, 7) is 5.54. The Kier molecular flexibility index (Phi) is 4.76. The van der Waals surface area contributed by atoms with E-state index in [4.69, 9.17) is 16.0 Å². The summed E-state index contributed by atoms with van der Waals surface area (Å²) in [5.41, 5.74) is 8.32. The minimum atomic E-state index is -0.999. The summed E-state index contributed by atoms with van der Waals surface area (Å²) >= 11 is 1.69. The molecule has 4 rings (SSSR count). The van der Waals surface area contributed by atoms with Crippen molar-refractivity contribution in [3.63, 3.8) is 0 Å². The number of hydrogen-bond acceptors (Lipinski definition) is 4. The Bertz CT molecular complexity index is 950. The van der Waals surface area contributed by atoms with E-state index in [-0.39, 0.29) is 5.82 Å². The highest BCUT2D eigenvalue weighted by Gasteiger charge is 2.54. The van der Waals surface area contributed by atoms with Crippen molar-refractivity contribution in [2.75, 3.05) is 13.1 Å². The van der Waals surface area contributed by atoms with E-state index in [0.29, 0.717) is 6.54 Å². The smallest absolute Gasteiger partial charge is 0.131 e. The molecule has 0 amide bonds.